The lowest BCUT2D eigenvalue weighted by atomic mass is 9.81. The molecule has 5 rings (SSSR count). The fraction of sp³-hybridized carbons (Fsp3) is 0.379. The normalized spacial score (nSPS) is 16.4. The van der Waals surface area contributed by atoms with Crippen LogP contribution in [0.15, 0.2) is 68.4 Å². The fourth-order valence-electron chi connectivity index (χ4n) is 4.92. The molecule has 0 unspecified atom stereocenters. The van der Waals surface area contributed by atoms with Crippen LogP contribution < -0.4 is 5.73 Å². The number of rotatable bonds is 4. The maximum atomic E-state index is 11.6. The molecule has 3 aromatic heterocycles. The first-order valence-corrected chi connectivity index (χ1v) is 15.1. The van der Waals surface area contributed by atoms with Crippen molar-refractivity contribution in [2.75, 3.05) is 0 Å². The van der Waals surface area contributed by atoms with Gasteiger partial charge in [-0.1, -0.05) is 25.7 Å². The number of pyridine rings is 3. The van der Waals surface area contributed by atoms with Crippen molar-refractivity contribution in [2.24, 2.45) is 5.73 Å². The van der Waals surface area contributed by atoms with Crippen molar-refractivity contribution in [1.82, 2.24) is 15.0 Å². The van der Waals surface area contributed by atoms with E-state index in [0.717, 1.165) is 81.9 Å². The lowest BCUT2D eigenvalue weighted by molar-refractivity contribution is -0.123. The van der Waals surface area contributed by atoms with Crippen molar-refractivity contribution in [2.45, 2.75) is 68.6 Å². The number of nitriles is 2. The summed E-state index contributed by atoms with van der Waals surface area (Å²) in [5, 5.41) is 17.5. The molecule has 2 aliphatic carbocycles. The van der Waals surface area contributed by atoms with E-state index in [1.54, 1.807) is 18.6 Å². The van der Waals surface area contributed by atoms with Crippen molar-refractivity contribution >= 4 is 53.7 Å². The molecule has 3 heterocycles. The summed E-state index contributed by atoms with van der Waals surface area (Å²) >= 11 is 9.93. The van der Waals surface area contributed by atoms with Gasteiger partial charge in [-0.15, -0.1) is 0 Å². The summed E-state index contributed by atoms with van der Waals surface area (Å²) in [6.45, 7) is 0. The van der Waals surface area contributed by atoms with E-state index >= 15 is 0 Å². The predicted octanol–water partition coefficient (Wildman–Crippen LogP) is 7.23. The first-order valence-electron chi connectivity index (χ1n) is 12.7. The van der Waals surface area contributed by atoms with Gasteiger partial charge in [0.1, 0.15) is 0 Å². The zero-order valence-corrected chi connectivity index (χ0v) is 26.2. The Kier molecular flexibility index (Phi) is 11.6. The minimum atomic E-state index is -0.513. The number of hydrogen-bond acceptors (Lipinski definition) is 6. The maximum Gasteiger partial charge on any atom is 0.229 e. The van der Waals surface area contributed by atoms with Crippen LogP contribution in [0.2, 0.25) is 0 Å². The van der Waals surface area contributed by atoms with Crippen LogP contribution in [0.5, 0.6) is 0 Å². The number of carbonyl (C=O) groups excluding carboxylic acids is 1. The van der Waals surface area contributed by atoms with E-state index in [2.05, 4.69) is 68.8 Å². The van der Waals surface area contributed by atoms with Crippen molar-refractivity contribution in [3.05, 3.63) is 85.5 Å². The van der Waals surface area contributed by atoms with E-state index in [0.29, 0.717) is 6.42 Å². The van der Waals surface area contributed by atoms with E-state index in [1.807, 2.05) is 42.5 Å². The van der Waals surface area contributed by atoms with E-state index in [9.17, 15) is 10.1 Å². The van der Waals surface area contributed by atoms with E-state index < -0.39 is 5.41 Å². The Bertz CT molecular complexity index is 1300. The van der Waals surface area contributed by atoms with Crippen LogP contribution in [0.4, 0.5) is 0 Å². The van der Waals surface area contributed by atoms with Crippen LogP contribution in [0.25, 0.3) is 0 Å². The molecule has 2 saturated carbocycles. The van der Waals surface area contributed by atoms with Gasteiger partial charge in [-0.05, 0) is 110 Å². The lowest BCUT2D eigenvalue weighted by Gasteiger charge is -2.24. The van der Waals surface area contributed by atoms with Gasteiger partial charge in [-0.2, -0.15) is 10.5 Å². The molecule has 0 radical (unpaired) electrons. The third-order valence-electron chi connectivity index (χ3n) is 7.08. The smallest absolute Gasteiger partial charge is 0.229 e. The van der Waals surface area contributed by atoms with Crippen LogP contribution in [0.1, 0.15) is 68.4 Å². The van der Waals surface area contributed by atoms with Crippen molar-refractivity contribution in [3.63, 3.8) is 0 Å². The molecule has 3 aromatic rings. The molecule has 2 N–H and O–H groups in total. The predicted molar refractivity (Wildman–Crippen MR) is 160 cm³/mol. The molecule has 0 aromatic carbocycles. The zero-order chi connectivity index (χ0) is 28.3. The molecular weight excluding hydrogens is 688 g/mol. The molecule has 39 heavy (non-hydrogen) atoms. The molecule has 2 fully saturated rings. The Morgan fingerprint density at radius 3 is 1.67 bits per heavy atom. The summed E-state index contributed by atoms with van der Waals surface area (Å²) in [7, 11) is 0. The van der Waals surface area contributed by atoms with Gasteiger partial charge < -0.3 is 5.73 Å². The molecule has 1 amide bonds. The highest BCUT2D eigenvalue weighted by atomic mass is 79.9. The van der Waals surface area contributed by atoms with Crippen molar-refractivity contribution < 1.29 is 4.79 Å². The van der Waals surface area contributed by atoms with Crippen LogP contribution in [0.3, 0.4) is 0 Å². The molecule has 0 saturated heterocycles. The summed E-state index contributed by atoms with van der Waals surface area (Å²) < 4.78 is 2.82. The summed E-state index contributed by atoms with van der Waals surface area (Å²) in [6.07, 6.45) is 13.5. The molecule has 0 spiro atoms. The highest BCUT2D eigenvalue weighted by molar-refractivity contribution is 9.11. The largest absolute Gasteiger partial charge is 0.369 e. The zero-order valence-electron chi connectivity index (χ0n) is 21.4. The monoisotopic (exact) mass is 714 g/mol. The SMILES string of the molecule is N#CC1(c2ccc(Br)cn2)CCCC1.N#CCc1ccc(Br)cn1.NC(=O)C1(c2ccc(Br)cn2)CCCC1. The molecule has 10 heteroatoms. The number of halogens is 3. The van der Waals surface area contributed by atoms with E-state index in [1.165, 1.54) is 0 Å². The Labute approximate surface area is 254 Å². The third-order valence-corrected chi connectivity index (χ3v) is 8.49. The van der Waals surface area contributed by atoms with Gasteiger partial charge in [0.15, 0.2) is 0 Å². The molecule has 2 aliphatic rings. The van der Waals surface area contributed by atoms with Gasteiger partial charge in [-0.3, -0.25) is 19.7 Å². The topological polar surface area (TPSA) is 129 Å². The number of hydrogen-bond donors (Lipinski definition) is 1. The first-order chi connectivity index (χ1) is 18.7. The Hall–Kier alpha value is -2.66. The third kappa shape index (κ3) is 8.17. The Balaban J connectivity index is 0.000000165. The fourth-order valence-corrected chi connectivity index (χ4v) is 5.62. The lowest BCUT2D eigenvalue weighted by Crippen LogP contribution is -2.39. The summed E-state index contributed by atoms with van der Waals surface area (Å²) in [5.41, 5.74) is 7.25. The number of nitrogens with two attached hydrogens (primary N) is 1. The molecular formula is C29H29Br3N6O. The second-order valence-corrected chi connectivity index (χ2v) is 12.3. The number of aromatic nitrogens is 3. The van der Waals surface area contributed by atoms with E-state index in [4.69, 9.17) is 11.0 Å². The summed E-state index contributed by atoms with van der Waals surface area (Å²) in [4.78, 5) is 24.2. The van der Waals surface area contributed by atoms with Crippen molar-refractivity contribution in [3.8, 4) is 12.1 Å². The average Bonchev–Trinajstić information content (AvgIpc) is 3.64. The highest BCUT2D eigenvalue weighted by Gasteiger charge is 2.42. The minimum Gasteiger partial charge on any atom is -0.369 e. The van der Waals surface area contributed by atoms with Crippen LogP contribution in [-0.4, -0.2) is 20.9 Å². The summed E-state index contributed by atoms with van der Waals surface area (Å²) in [6, 6.07) is 15.9. The van der Waals surface area contributed by atoms with Crippen LogP contribution >= 0.6 is 47.8 Å². The minimum absolute atomic E-state index is 0.241. The van der Waals surface area contributed by atoms with Gasteiger partial charge in [0, 0.05) is 32.0 Å². The number of amides is 1. The number of nitrogens with zero attached hydrogens (tertiary/aromatic N) is 5. The summed E-state index contributed by atoms with van der Waals surface area (Å²) in [5.74, 6) is -0.241. The molecule has 0 atom stereocenters. The van der Waals surface area contributed by atoms with Gasteiger partial charge in [-0.25, -0.2) is 0 Å². The second-order valence-electron chi connectivity index (χ2n) is 9.58. The molecule has 202 valence electrons. The second kappa shape index (κ2) is 14.6. The van der Waals surface area contributed by atoms with E-state index in [-0.39, 0.29) is 11.3 Å². The molecule has 0 bridgehead atoms. The standard InChI is InChI=1S/C11H13BrN2O.C11H11BrN2.C7H5BrN2/c12-8-3-4-9(14-7-8)11(10(13)15)5-1-2-6-11;12-9-3-4-10(14-7-9)11(8-13)5-1-2-6-11;8-6-1-2-7(3-4-9)10-5-6/h3-4,7H,1-2,5-6H2,(H2,13,15);3-4,7H,1-2,5-6H2;1-2,5H,3H2. The number of primary amides is 1. The van der Waals surface area contributed by atoms with Gasteiger partial charge in [0.25, 0.3) is 0 Å². The van der Waals surface area contributed by atoms with Gasteiger partial charge >= 0.3 is 0 Å². The van der Waals surface area contributed by atoms with Crippen LogP contribution in [0, 0.1) is 22.7 Å². The highest BCUT2D eigenvalue weighted by Crippen LogP contribution is 2.40. The van der Waals surface area contributed by atoms with Gasteiger partial charge in [0.2, 0.25) is 5.91 Å². The first kappa shape index (κ1) is 30.9. The Morgan fingerprint density at radius 1 is 0.769 bits per heavy atom. The Morgan fingerprint density at radius 2 is 1.26 bits per heavy atom. The maximum absolute atomic E-state index is 11.6. The quantitative estimate of drug-likeness (QED) is 0.303. The molecule has 0 aliphatic heterocycles. The van der Waals surface area contributed by atoms with Crippen LogP contribution in [-0.2, 0) is 22.0 Å². The van der Waals surface area contributed by atoms with Crippen molar-refractivity contribution in [1.29, 1.82) is 10.5 Å². The number of carbonyl (C=O) groups is 1. The average molecular weight is 717 g/mol. The van der Waals surface area contributed by atoms with Gasteiger partial charge in [0.05, 0.1) is 46.5 Å². The molecule has 7 nitrogen and oxygen atoms in total.